The lowest BCUT2D eigenvalue weighted by Gasteiger charge is -2.16. The molecule has 16 heavy (non-hydrogen) atoms. The van der Waals surface area contributed by atoms with Crippen LogP contribution in [-0.4, -0.2) is 36.2 Å². The van der Waals surface area contributed by atoms with Crippen molar-refractivity contribution in [3.05, 3.63) is 0 Å². The molecule has 0 aromatic heterocycles. The molecule has 0 fully saturated rings. The molecule has 2 atom stereocenters. The molecule has 94 valence electrons. The second kappa shape index (κ2) is 7.92. The summed E-state index contributed by atoms with van der Waals surface area (Å²) in [6.07, 6.45) is 0.448. The van der Waals surface area contributed by atoms with Crippen molar-refractivity contribution in [2.75, 3.05) is 13.2 Å². The molecule has 0 heterocycles. The Labute approximate surface area is 95.8 Å². The van der Waals surface area contributed by atoms with Gasteiger partial charge in [-0.15, -0.1) is 0 Å². The van der Waals surface area contributed by atoms with Gasteiger partial charge in [0.25, 0.3) is 0 Å². The molecule has 6 nitrogen and oxygen atoms in total. The lowest BCUT2D eigenvalue weighted by atomic mass is 10.0. The summed E-state index contributed by atoms with van der Waals surface area (Å²) in [5, 5.41) is 14.0. The monoisotopic (exact) mass is 231 g/mol. The Morgan fingerprint density at radius 2 is 2.19 bits per heavy atom. The molecule has 0 saturated heterocycles. The fraction of sp³-hybridized carbons (Fsp3) is 0.800. The number of hydrogen-bond donors (Lipinski definition) is 3. The second-order valence-electron chi connectivity index (χ2n) is 3.50. The molecule has 0 radical (unpaired) electrons. The predicted octanol–water partition coefficient (Wildman–Crippen LogP) is 0.300. The van der Waals surface area contributed by atoms with E-state index in [1.165, 1.54) is 0 Å². The molecule has 0 aromatic rings. The third-order valence-corrected chi connectivity index (χ3v) is 2.21. The molecule has 0 aromatic carbocycles. The Hall–Kier alpha value is -1.30. The van der Waals surface area contributed by atoms with Gasteiger partial charge in [0, 0.05) is 13.2 Å². The third kappa shape index (κ3) is 4.97. The molecule has 6 heteroatoms. The topological polar surface area (TPSA) is 96.9 Å². The number of amidine groups is 1. The molecule has 2 unspecified atom stereocenters. The summed E-state index contributed by atoms with van der Waals surface area (Å²) >= 11 is 0. The Balaban J connectivity index is 4.13. The maximum Gasteiger partial charge on any atom is 0.230 e. The van der Waals surface area contributed by atoms with Crippen molar-refractivity contribution in [1.82, 2.24) is 5.32 Å². The number of oxime groups is 1. The maximum absolute atomic E-state index is 11.6. The largest absolute Gasteiger partial charge is 0.409 e. The molecule has 0 aliphatic heterocycles. The van der Waals surface area contributed by atoms with E-state index in [2.05, 4.69) is 10.5 Å². The lowest BCUT2D eigenvalue weighted by molar-refractivity contribution is -0.123. The first-order valence-corrected chi connectivity index (χ1v) is 5.43. The van der Waals surface area contributed by atoms with E-state index < -0.39 is 5.92 Å². The standard InChI is InChI=1S/C10H21N3O3/c1-4-8(9(11)13-15)10(14)12-6-7(3)16-5-2/h7-8,15H,4-6H2,1-3H3,(H2,11,13)(H,12,14). The smallest absolute Gasteiger partial charge is 0.230 e. The molecule has 0 aliphatic carbocycles. The second-order valence-corrected chi connectivity index (χ2v) is 3.50. The van der Waals surface area contributed by atoms with Crippen LogP contribution in [0.25, 0.3) is 0 Å². The van der Waals surface area contributed by atoms with Gasteiger partial charge in [-0.1, -0.05) is 12.1 Å². The highest BCUT2D eigenvalue weighted by Gasteiger charge is 2.21. The predicted molar refractivity (Wildman–Crippen MR) is 61.3 cm³/mol. The van der Waals surface area contributed by atoms with Crippen LogP contribution in [0, 0.1) is 5.92 Å². The maximum atomic E-state index is 11.6. The highest BCUT2D eigenvalue weighted by atomic mass is 16.5. The van der Waals surface area contributed by atoms with Crippen LogP contribution in [-0.2, 0) is 9.53 Å². The SMILES string of the molecule is CCOC(C)CNC(=O)C(CC)C(N)=NO. The summed E-state index contributed by atoms with van der Waals surface area (Å²) in [5.41, 5.74) is 5.40. The molecule has 0 aliphatic rings. The van der Waals surface area contributed by atoms with Gasteiger partial charge in [0.05, 0.1) is 12.0 Å². The normalized spacial score (nSPS) is 15.6. The van der Waals surface area contributed by atoms with Gasteiger partial charge >= 0.3 is 0 Å². The molecule has 0 rings (SSSR count). The zero-order valence-electron chi connectivity index (χ0n) is 10.1. The van der Waals surface area contributed by atoms with E-state index in [9.17, 15) is 4.79 Å². The fourth-order valence-corrected chi connectivity index (χ4v) is 1.31. The quantitative estimate of drug-likeness (QED) is 0.254. The average Bonchev–Trinajstić information content (AvgIpc) is 2.27. The number of rotatable bonds is 7. The zero-order chi connectivity index (χ0) is 12.6. The number of nitrogens with zero attached hydrogens (tertiary/aromatic N) is 1. The van der Waals surface area contributed by atoms with E-state index >= 15 is 0 Å². The van der Waals surface area contributed by atoms with Crippen molar-refractivity contribution < 1.29 is 14.7 Å². The highest BCUT2D eigenvalue weighted by molar-refractivity contribution is 6.01. The van der Waals surface area contributed by atoms with Crippen LogP contribution in [0.2, 0.25) is 0 Å². The van der Waals surface area contributed by atoms with Gasteiger partial charge in [-0.05, 0) is 20.3 Å². The van der Waals surface area contributed by atoms with Crippen LogP contribution in [0.1, 0.15) is 27.2 Å². The number of nitrogens with one attached hydrogen (secondary N) is 1. The van der Waals surface area contributed by atoms with Crippen molar-refractivity contribution in [3.63, 3.8) is 0 Å². The van der Waals surface area contributed by atoms with Gasteiger partial charge in [0.1, 0.15) is 0 Å². The minimum atomic E-state index is -0.584. The van der Waals surface area contributed by atoms with Crippen LogP contribution in [0.15, 0.2) is 5.16 Å². The number of nitrogens with two attached hydrogens (primary N) is 1. The Bertz CT molecular complexity index is 243. The number of carbonyl (C=O) groups is 1. The molecular weight excluding hydrogens is 210 g/mol. The van der Waals surface area contributed by atoms with Gasteiger partial charge in [-0.3, -0.25) is 4.79 Å². The summed E-state index contributed by atoms with van der Waals surface area (Å²) in [4.78, 5) is 11.6. The number of amides is 1. The van der Waals surface area contributed by atoms with Crippen molar-refractivity contribution in [3.8, 4) is 0 Å². The first-order valence-electron chi connectivity index (χ1n) is 5.43. The first-order chi connectivity index (χ1) is 7.56. The van der Waals surface area contributed by atoms with E-state index in [1.54, 1.807) is 6.92 Å². The van der Waals surface area contributed by atoms with Crippen molar-refractivity contribution in [2.45, 2.75) is 33.3 Å². The zero-order valence-corrected chi connectivity index (χ0v) is 10.1. The van der Waals surface area contributed by atoms with Crippen LogP contribution in [0.4, 0.5) is 0 Å². The van der Waals surface area contributed by atoms with Crippen molar-refractivity contribution in [1.29, 1.82) is 0 Å². The van der Waals surface area contributed by atoms with Crippen LogP contribution >= 0.6 is 0 Å². The molecule has 0 spiro atoms. The summed E-state index contributed by atoms with van der Waals surface area (Å²) in [5.74, 6) is -0.896. The van der Waals surface area contributed by atoms with Gasteiger partial charge in [0.15, 0.2) is 5.84 Å². The molecule has 4 N–H and O–H groups in total. The number of ether oxygens (including phenoxy) is 1. The van der Waals surface area contributed by atoms with E-state index in [0.29, 0.717) is 19.6 Å². The van der Waals surface area contributed by atoms with Gasteiger partial charge < -0.3 is 21.0 Å². The fourth-order valence-electron chi connectivity index (χ4n) is 1.31. The van der Waals surface area contributed by atoms with Crippen LogP contribution < -0.4 is 11.1 Å². The molecule has 0 bridgehead atoms. The summed E-state index contributed by atoms with van der Waals surface area (Å²) in [6.45, 7) is 6.59. The van der Waals surface area contributed by atoms with E-state index in [-0.39, 0.29) is 17.8 Å². The minimum Gasteiger partial charge on any atom is -0.409 e. The first kappa shape index (κ1) is 14.7. The van der Waals surface area contributed by atoms with Crippen LogP contribution in [0.5, 0.6) is 0 Å². The third-order valence-electron chi connectivity index (χ3n) is 2.21. The molecule has 1 amide bonds. The average molecular weight is 231 g/mol. The summed E-state index contributed by atoms with van der Waals surface area (Å²) in [6, 6.07) is 0. The Morgan fingerprint density at radius 1 is 1.56 bits per heavy atom. The van der Waals surface area contributed by atoms with E-state index in [4.69, 9.17) is 15.7 Å². The summed E-state index contributed by atoms with van der Waals surface area (Å²) in [7, 11) is 0. The van der Waals surface area contributed by atoms with Gasteiger partial charge in [-0.25, -0.2) is 0 Å². The number of hydrogen-bond acceptors (Lipinski definition) is 4. The van der Waals surface area contributed by atoms with Crippen LogP contribution in [0.3, 0.4) is 0 Å². The van der Waals surface area contributed by atoms with Crippen molar-refractivity contribution in [2.24, 2.45) is 16.8 Å². The highest BCUT2D eigenvalue weighted by Crippen LogP contribution is 2.02. The Morgan fingerprint density at radius 3 is 2.62 bits per heavy atom. The molecule has 0 saturated carbocycles. The van der Waals surface area contributed by atoms with Gasteiger partial charge in [0.2, 0.25) is 5.91 Å². The summed E-state index contributed by atoms with van der Waals surface area (Å²) < 4.78 is 5.27. The minimum absolute atomic E-state index is 0.0428. The molecular formula is C10H21N3O3. The van der Waals surface area contributed by atoms with E-state index in [0.717, 1.165) is 0 Å². The van der Waals surface area contributed by atoms with Gasteiger partial charge in [-0.2, -0.15) is 0 Å². The van der Waals surface area contributed by atoms with E-state index in [1.807, 2.05) is 13.8 Å². The number of carbonyl (C=O) groups excluding carboxylic acids is 1. The van der Waals surface area contributed by atoms with Crippen molar-refractivity contribution >= 4 is 11.7 Å². The lowest BCUT2D eigenvalue weighted by Crippen LogP contribution is -2.41. The Kier molecular flexibility index (Phi) is 7.28.